The van der Waals surface area contributed by atoms with Crippen molar-refractivity contribution < 1.29 is 4.79 Å². The van der Waals surface area contributed by atoms with Crippen molar-refractivity contribution in [3.8, 4) is 0 Å². The molecule has 28 heavy (non-hydrogen) atoms. The molecule has 2 N–H and O–H groups in total. The number of para-hydroxylation sites is 2. The van der Waals surface area contributed by atoms with E-state index in [4.69, 9.17) is 0 Å². The monoisotopic (exact) mass is 373 g/mol. The number of hydrogen-bond donors (Lipinski definition) is 2. The number of piperidine rings is 1. The van der Waals surface area contributed by atoms with Gasteiger partial charge in [0, 0.05) is 17.6 Å². The maximum atomic E-state index is 13.5. The van der Waals surface area contributed by atoms with E-state index in [0.717, 1.165) is 24.2 Å². The minimum Gasteiger partial charge on any atom is -0.311 e. The van der Waals surface area contributed by atoms with Crippen LogP contribution in [0.2, 0.25) is 0 Å². The SMILES string of the molecule is O=C(CN[C@@]12C[C@H]3CC[C@H](N3)[C@@H]1C2)N1c2ccccc2CCc2ccccc21. The molecule has 2 bridgehead atoms. The minimum absolute atomic E-state index is 0.160. The highest BCUT2D eigenvalue weighted by atomic mass is 16.2. The molecule has 2 aromatic rings. The van der Waals surface area contributed by atoms with Crippen LogP contribution in [0.5, 0.6) is 0 Å². The Bertz CT molecular complexity index is 893. The van der Waals surface area contributed by atoms with Crippen LogP contribution in [0.15, 0.2) is 48.5 Å². The van der Waals surface area contributed by atoms with E-state index in [0.29, 0.717) is 24.5 Å². The maximum absolute atomic E-state index is 13.5. The van der Waals surface area contributed by atoms with Crippen LogP contribution in [0.25, 0.3) is 0 Å². The third-order valence-corrected chi connectivity index (χ3v) is 7.48. The molecule has 0 radical (unpaired) electrons. The number of benzene rings is 2. The maximum Gasteiger partial charge on any atom is 0.245 e. The molecule has 3 heterocycles. The highest BCUT2D eigenvalue weighted by molar-refractivity contribution is 6.03. The van der Waals surface area contributed by atoms with Crippen molar-refractivity contribution in [2.45, 2.75) is 56.1 Å². The zero-order chi connectivity index (χ0) is 18.7. The molecule has 4 nitrogen and oxygen atoms in total. The van der Waals surface area contributed by atoms with Gasteiger partial charge >= 0.3 is 0 Å². The first-order valence-corrected chi connectivity index (χ1v) is 10.7. The summed E-state index contributed by atoms with van der Waals surface area (Å²) in [4.78, 5) is 15.5. The molecule has 3 fully saturated rings. The zero-order valence-electron chi connectivity index (χ0n) is 16.2. The van der Waals surface area contributed by atoms with Gasteiger partial charge in [-0.05, 0) is 67.7 Å². The lowest BCUT2D eigenvalue weighted by Crippen LogP contribution is -2.50. The molecule has 2 aromatic carbocycles. The summed E-state index contributed by atoms with van der Waals surface area (Å²) in [5.74, 6) is 0.871. The molecule has 1 aliphatic carbocycles. The van der Waals surface area contributed by atoms with Gasteiger partial charge in [0.15, 0.2) is 0 Å². The van der Waals surface area contributed by atoms with E-state index in [9.17, 15) is 4.79 Å². The highest BCUT2D eigenvalue weighted by Crippen LogP contribution is 2.55. The summed E-state index contributed by atoms with van der Waals surface area (Å²) in [5.41, 5.74) is 4.82. The average molecular weight is 374 g/mol. The van der Waals surface area contributed by atoms with Crippen molar-refractivity contribution in [1.82, 2.24) is 10.6 Å². The van der Waals surface area contributed by atoms with E-state index in [1.165, 1.54) is 36.8 Å². The van der Waals surface area contributed by atoms with Crippen LogP contribution in [0.4, 0.5) is 11.4 Å². The fourth-order valence-electron chi connectivity index (χ4n) is 6.02. The van der Waals surface area contributed by atoms with Crippen LogP contribution in [0.1, 0.15) is 36.8 Å². The molecule has 0 unspecified atom stereocenters. The molecule has 0 aromatic heterocycles. The van der Waals surface area contributed by atoms with Gasteiger partial charge in [-0.2, -0.15) is 0 Å². The summed E-state index contributed by atoms with van der Waals surface area (Å²) in [6, 6.07) is 18.1. The fourth-order valence-corrected chi connectivity index (χ4v) is 6.02. The van der Waals surface area contributed by atoms with Gasteiger partial charge in [0.2, 0.25) is 5.91 Å². The standard InChI is InChI=1S/C24H27N3O/c28-23(15-25-24-13-18-11-12-20(26-18)19(24)14-24)27-21-7-3-1-5-16(21)9-10-17-6-2-4-8-22(17)27/h1-8,18-20,25-26H,9-15H2/t18-,19+,20+,24-/m1/s1. The molecule has 6 rings (SSSR count). The van der Waals surface area contributed by atoms with E-state index < -0.39 is 0 Å². The molecule has 2 saturated heterocycles. The van der Waals surface area contributed by atoms with Crippen molar-refractivity contribution in [2.24, 2.45) is 5.92 Å². The molecule has 4 heteroatoms. The quantitative estimate of drug-likeness (QED) is 0.868. The van der Waals surface area contributed by atoms with Crippen LogP contribution in [0, 0.1) is 5.92 Å². The van der Waals surface area contributed by atoms with Gasteiger partial charge in [0.05, 0.1) is 17.9 Å². The summed E-state index contributed by atoms with van der Waals surface area (Å²) < 4.78 is 0. The number of rotatable bonds is 3. The van der Waals surface area contributed by atoms with Crippen molar-refractivity contribution in [2.75, 3.05) is 11.4 Å². The molecule has 4 atom stereocenters. The number of carbonyl (C=O) groups is 1. The van der Waals surface area contributed by atoms with Crippen LogP contribution < -0.4 is 15.5 Å². The van der Waals surface area contributed by atoms with E-state index in [1.807, 2.05) is 17.0 Å². The van der Waals surface area contributed by atoms with Gasteiger partial charge in [-0.1, -0.05) is 36.4 Å². The third kappa shape index (κ3) is 2.55. The second-order valence-corrected chi connectivity index (χ2v) is 9.06. The summed E-state index contributed by atoms with van der Waals surface area (Å²) in [6.07, 6.45) is 6.96. The number of nitrogens with one attached hydrogen (secondary N) is 2. The number of nitrogens with zero attached hydrogens (tertiary/aromatic N) is 1. The molecule has 3 aliphatic heterocycles. The van der Waals surface area contributed by atoms with E-state index in [1.54, 1.807) is 0 Å². The van der Waals surface area contributed by atoms with E-state index >= 15 is 0 Å². The normalized spacial score (nSPS) is 32.1. The Hall–Kier alpha value is -2.17. The summed E-state index contributed by atoms with van der Waals surface area (Å²) in [6.45, 7) is 0.415. The Morgan fingerprint density at radius 2 is 1.68 bits per heavy atom. The Kier molecular flexibility index (Phi) is 3.69. The number of aryl methyl sites for hydroxylation is 2. The number of anilines is 2. The van der Waals surface area contributed by atoms with Gasteiger partial charge in [-0.3, -0.25) is 9.69 Å². The summed E-state index contributed by atoms with van der Waals surface area (Å²) in [7, 11) is 0. The largest absolute Gasteiger partial charge is 0.311 e. The van der Waals surface area contributed by atoms with Gasteiger partial charge in [-0.25, -0.2) is 0 Å². The first-order chi connectivity index (χ1) is 13.7. The van der Waals surface area contributed by atoms with Crippen molar-refractivity contribution in [3.63, 3.8) is 0 Å². The first kappa shape index (κ1) is 16.8. The molecular weight excluding hydrogens is 346 g/mol. The Balaban J connectivity index is 1.28. The summed E-state index contributed by atoms with van der Waals surface area (Å²) >= 11 is 0. The second kappa shape index (κ2) is 6.16. The fraction of sp³-hybridized carbons (Fsp3) is 0.458. The number of hydrogen-bond acceptors (Lipinski definition) is 3. The zero-order valence-corrected chi connectivity index (χ0v) is 16.2. The minimum atomic E-state index is 0.160. The number of carbonyl (C=O) groups excluding carboxylic acids is 1. The Morgan fingerprint density at radius 1 is 1.00 bits per heavy atom. The molecule has 1 amide bonds. The Labute approximate surface area is 166 Å². The predicted molar refractivity (Wildman–Crippen MR) is 111 cm³/mol. The first-order valence-electron chi connectivity index (χ1n) is 10.7. The molecule has 0 spiro atoms. The topological polar surface area (TPSA) is 44.4 Å². The average Bonchev–Trinajstić information content (AvgIpc) is 3.36. The van der Waals surface area contributed by atoms with Crippen LogP contribution in [-0.2, 0) is 17.6 Å². The predicted octanol–water partition coefficient (Wildman–Crippen LogP) is 3.32. The molecule has 144 valence electrons. The van der Waals surface area contributed by atoms with Crippen LogP contribution in [0.3, 0.4) is 0 Å². The van der Waals surface area contributed by atoms with Gasteiger partial charge in [0.1, 0.15) is 0 Å². The Morgan fingerprint density at radius 3 is 2.39 bits per heavy atom. The van der Waals surface area contributed by atoms with Gasteiger partial charge < -0.3 is 10.6 Å². The van der Waals surface area contributed by atoms with Crippen LogP contribution in [-0.4, -0.2) is 30.1 Å². The van der Waals surface area contributed by atoms with Gasteiger partial charge in [-0.15, -0.1) is 0 Å². The van der Waals surface area contributed by atoms with E-state index in [2.05, 4.69) is 47.0 Å². The van der Waals surface area contributed by atoms with Crippen molar-refractivity contribution >= 4 is 17.3 Å². The number of amides is 1. The van der Waals surface area contributed by atoms with Crippen molar-refractivity contribution in [3.05, 3.63) is 59.7 Å². The highest BCUT2D eigenvalue weighted by Gasteiger charge is 2.62. The van der Waals surface area contributed by atoms with Crippen molar-refractivity contribution in [1.29, 1.82) is 0 Å². The molecule has 1 saturated carbocycles. The summed E-state index contributed by atoms with van der Waals surface area (Å²) in [5, 5.41) is 7.48. The van der Waals surface area contributed by atoms with Crippen LogP contribution >= 0.6 is 0 Å². The molecule has 4 aliphatic rings. The third-order valence-electron chi connectivity index (χ3n) is 7.48. The second-order valence-electron chi connectivity index (χ2n) is 9.06. The smallest absolute Gasteiger partial charge is 0.245 e. The lowest BCUT2D eigenvalue weighted by atomic mass is 9.99. The van der Waals surface area contributed by atoms with Gasteiger partial charge in [0.25, 0.3) is 0 Å². The lowest BCUT2D eigenvalue weighted by Gasteiger charge is -2.31. The number of fused-ring (bicyclic) bond motifs is 6. The lowest BCUT2D eigenvalue weighted by molar-refractivity contribution is -0.117. The molecular formula is C24H27N3O. The van der Waals surface area contributed by atoms with E-state index in [-0.39, 0.29) is 11.4 Å².